The third-order valence-electron chi connectivity index (χ3n) is 3.36. The van der Waals surface area contributed by atoms with Crippen LogP contribution in [0.15, 0.2) is 24.4 Å². The lowest BCUT2D eigenvalue weighted by Crippen LogP contribution is -2.50. The summed E-state index contributed by atoms with van der Waals surface area (Å²) < 4.78 is 31.6. The average Bonchev–Trinajstić information content (AvgIpc) is 2.78. The summed E-state index contributed by atoms with van der Waals surface area (Å²) >= 11 is 0. The van der Waals surface area contributed by atoms with Gasteiger partial charge in [0, 0.05) is 11.6 Å². The van der Waals surface area contributed by atoms with Crippen molar-refractivity contribution in [1.82, 2.24) is 9.97 Å². The SMILES string of the molecule is OCC1(c2ncc(-c3ccc(F)cc3F)[nH]2)COC1. The number of imidazole rings is 1. The fraction of sp³-hybridized carbons (Fsp3) is 0.308. The van der Waals surface area contributed by atoms with E-state index in [0.717, 1.165) is 6.07 Å². The molecule has 100 valence electrons. The molecule has 2 N–H and O–H groups in total. The van der Waals surface area contributed by atoms with Gasteiger partial charge < -0.3 is 14.8 Å². The Morgan fingerprint density at radius 3 is 2.74 bits per heavy atom. The number of halogens is 2. The second-order valence-electron chi connectivity index (χ2n) is 4.70. The first-order chi connectivity index (χ1) is 9.14. The van der Waals surface area contributed by atoms with Crippen molar-refractivity contribution in [3.8, 4) is 11.3 Å². The number of aliphatic hydroxyl groups is 1. The third kappa shape index (κ3) is 1.93. The van der Waals surface area contributed by atoms with Crippen LogP contribution in [0.4, 0.5) is 8.78 Å². The first kappa shape index (κ1) is 12.3. The lowest BCUT2D eigenvalue weighted by atomic mass is 9.86. The molecule has 1 aromatic heterocycles. The summed E-state index contributed by atoms with van der Waals surface area (Å²) in [6.07, 6.45) is 1.47. The third-order valence-corrected chi connectivity index (χ3v) is 3.36. The molecule has 0 unspecified atom stereocenters. The number of benzene rings is 1. The van der Waals surface area contributed by atoms with Crippen LogP contribution in [0.2, 0.25) is 0 Å². The van der Waals surface area contributed by atoms with Gasteiger partial charge in [-0.2, -0.15) is 0 Å². The quantitative estimate of drug-likeness (QED) is 0.887. The zero-order valence-corrected chi connectivity index (χ0v) is 9.99. The molecule has 2 aromatic rings. The van der Waals surface area contributed by atoms with E-state index in [0.29, 0.717) is 24.7 Å². The number of aromatic nitrogens is 2. The van der Waals surface area contributed by atoms with Crippen LogP contribution in [-0.4, -0.2) is 34.9 Å². The van der Waals surface area contributed by atoms with Crippen molar-refractivity contribution in [2.45, 2.75) is 5.41 Å². The lowest BCUT2D eigenvalue weighted by molar-refractivity contribution is -0.0880. The fourth-order valence-electron chi connectivity index (χ4n) is 2.09. The van der Waals surface area contributed by atoms with E-state index >= 15 is 0 Å². The molecule has 2 heterocycles. The maximum Gasteiger partial charge on any atom is 0.135 e. The van der Waals surface area contributed by atoms with Gasteiger partial charge in [-0.15, -0.1) is 0 Å². The van der Waals surface area contributed by atoms with E-state index in [1.54, 1.807) is 0 Å². The number of H-pyrrole nitrogens is 1. The van der Waals surface area contributed by atoms with Crippen LogP contribution < -0.4 is 0 Å². The molecular weight excluding hydrogens is 254 g/mol. The first-order valence-corrected chi connectivity index (χ1v) is 5.84. The molecule has 4 nitrogen and oxygen atoms in total. The summed E-state index contributed by atoms with van der Waals surface area (Å²) in [5, 5.41) is 9.40. The Bertz CT molecular complexity index is 603. The number of hydrogen-bond donors (Lipinski definition) is 2. The minimum absolute atomic E-state index is 0.0914. The minimum Gasteiger partial charge on any atom is -0.395 e. The smallest absolute Gasteiger partial charge is 0.135 e. The van der Waals surface area contributed by atoms with Gasteiger partial charge in [0.15, 0.2) is 0 Å². The van der Waals surface area contributed by atoms with Gasteiger partial charge >= 0.3 is 0 Å². The Labute approximate surface area is 108 Å². The Hall–Kier alpha value is -1.79. The molecule has 0 radical (unpaired) electrons. The predicted octanol–water partition coefficient (Wildman–Crippen LogP) is 1.62. The van der Waals surface area contributed by atoms with Crippen molar-refractivity contribution < 1.29 is 18.6 Å². The molecule has 0 spiro atoms. The molecule has 6 heteroatoms. The number of nitrogens with one attached hydrogen (secondary N) is 1. The zero-order valence-electron chi connectivity index (χ0n) is 9.99. The Kier molecular flexibility index (Phi) is 2.83. The molecule has 0 saturated carbocycles. The normalized spacial score (nSPS) is 17.2. The second kappa shape index (κ2) is 4.40. The minimum atomic E-state index is -0.655. The molecular formula is C13H12F2N2O2. The second-order valence-corrected chi connectivity index (χ2v) is 4.70. The Morgan fingerprint density at radius 2 is 2.16 bits per heavy atom. The monoisotopic (exact) mass is 266 g/mol. The Balaban J connectivity index is 1.97. The fourth-order valence-corrected chi connectivity index (χ4v) is 2.09. The number of aliphatic hydroxyl groups excluding tert-OH is 1. The van der Waals surface area contributed by atoms with Crippen LogP contribution in [0.25, 0.3) is 11.3 Å². The predicted molar refractivity (Wildman–Crippen MR) is 63.5 cm³/mol. The van der Waals surface area contributed by atoms with E-state index in [4.69, 9.17) is 4.74 Å². The van der Waals surface area contributed by atoms with E-state index < -0.39 is 17.0 Å². The van der Waals surface area contributed by atoms with Crippen molar-refractivity contribution in [3.05, 3.63) is 41.9 Å². The van der Waals surface area contributed by atoms with E-state index in [9.17, 15) is 13.9 Å². The highest BCUT2D eigenvalue weighted by molar-refractivity contribution is 5.59. The van der Waals surface area contributed by atoms with Gasteiger partial charge in [0.25, 0.3) is 0 Å². The molecule has 0 aliphatic carbocycles. The lowest BCUT2D eigenvalue weighted by Gasteiger charge is -2.37. The maximum absolute atomic E-state index is 13.7. The molecule has 3 rings (SSSR count). The van der Waals surface area contributed by atoms with Crippen LogP contribution >= 0.6 is 0 Å². The summed E-state index contributed by atoms with van der Waals surface area (Å²) in [7, 11) is 0. The number of hydrogen-bond acceptors (Lipinski definition) is 3. The van der Waals surface area contributed by atoms with Crippen molar-refractivity contribution in [3.63, 3.8) is 0 Å². The highest BCUT2D eigenvalue weighted by atomic mass is 19.1. The summed E-state index contributed by atoms with van der Waals surface area (Å²) in [6.45, 7) is 0.663. The molecule has 1 saturated heterocycles. The molecule has 1 fully saturated rings. The molecule has 1 aliphatic rings. The van der Waals surface area contributed by atoms with Gasteiger partial charge in [-0.05, 0) is 12.1 Å². The topological polar surface area (TPSA) is 58.1 Å². The van der Waals surface area contributed by atoms with Crippen molar-refractivity contribution in [2.75, 3.05) is 19.8 Å². The Morgan fingerprint density at radius 1 is 1.37 bits per heavy atom. The van der Waals surface area contributed by atoms with Crippen LogP contribution in [0.3, 0.4) is 0 Å². The van der Waals surface area contributed by atoms with Crippen LogP contribution in [0.5, 0.6) is 0 Å². The van der Waals surface area contributed by atoms with Crippen LogP contribution in [-0.2, 0) is 10.2 Å². The summed E-state index contributed by atoms with van der Waals surface area (Å²) in [4.78, 5) is 7.14. The highest BCUT2D eigenvalue weighted by Crippen LogP contribution is 2.31. The molecule has 19 heavy (non-hydrogen) atoms. The van der Waals surface area contributed by atoms with Gasteiger partial charge in [0.2, 0.25) is 0 Å². The van der Waals surface area contributed by atoms with Crippen LogP contribution in [0.1, 0.15) is 5.82 Å². The number of nitrogens with zero attached hydrogens (tertiary/aromatic N) is 1. The molecule has 1 aliphatic heterocycles. The number of ether oxygens (including phenoxy) is 1. The van der Waals surface area contributed by atoms with E-state index in [2.05, 4.69) is 9.97 Å². The van der Waals surface area contributed by atoms with Gasteiger partial charge in [-0.25, -0.2) is 13.8 Å². The summed E-state index contributed by atoms with van der Waals surface area (Å²) in [5.41, 5.74) is 0.162. The van der Waals surface area contributed by atoms with Gasteiger partial charge in [0.1, 0.15) is 17.5 Å². The largest absolute Gasteiger partial charge is 0.395 e. The average molecular weight is 266 g/mol. The van der Waals surface area contributed by atoms with Crippen molar-refractivity contribution in [2.24, 2.45) is 0 Å². The molecule has 0 bridgehead atoms. The number of aromatic amines is 1. The number of rotatable bonds is 3. The maximum atomic E-state index is 13.7. The summed E-state index contributed by atoms with van der Waals surface area (Å²) in [5.74, 6) is -0.724. The van der Waals surface area contributed by atoms with Crippen LogP contribution in [0, 0.1) is 11.6 Å². The first-order valence-electron chi connectivity index (χ1n) is 5.84. The van der Waals surface area contributed by atoms with Gasteiger partial charge in [0.05, 0.1) is 37.1 Å². The standard InChI is InChI=1S/C13H12F2N2O2/c14-8-1-2-9(10(15)3-8)11-4-16-12(17-11)13(5-18)6-19-7-13/h1-4,18H,5-7H2,(H,16,17). The van der Waals surface area contributed by atoms with E-state index in [1.807, 2.05) is 0 Å². The van der Waals surface area contributed by atoms with Crippen molar-refractivity contribution >= 4 is 0 Å². The molecule has 0 amide bonds. The van der Waals surface area contributed by atoms with E-state index in [1.165, 1.54) is 18.3 Å². The zero-order chi connectivity index (χ0) is 13.5. The summed E-state index contributed by atoms with van der Waals surface area (Å²) in [6, 6.07) is 3.36. The van der Waals surface area contributed by atoms with E-state index in [-0.39, 0.29) is 12.2 Å². The van der Waals surface area contributed by atoms with Gasteiger partial charge in [-0.3, -0.25) is 0 Å². The van der Waals surface area contributed by atoms with Gasteiger partial charge in [-0.1, -0.05) is 0 Å². The molecule has 0 atom stereocenters. The van der Waals surface area contributed by atoms with Crippen molar-refractivity contribution in [1.29, 1.82) is 0 Å². The molecule has 1 aromatic carbocycles. The highest BCUT2D eigenvalue weighted by Gasteiger charge is 2.42.